The van der Waals surface area contributed by atoms with Gasteiger partial charge < -0.3 is 4.74 Å². The summed E-state index contributed by atoms with van der Waals surface area (Å²) in [7, 11) is 1.64. The van der Waals surface area contributed by atoms with Crippen molar-refractivity contribution in [3.63, 3.8) is 0 Å². The molecule has 0 fully saturated rings. The Morgan fingerprint density at radius 1 is 1.29 bits per heavy atom. The van der Waals surface area contributed by atoms with Gasteiger partial charge in [-0.3, -0.25) is 0 Å². The van der Waals surface area contributed by atoms with Crippen molar-refractivity contribution in [2.45, 2.75) is 5.03 Å². The Morgan fingerprint density at radius 2 is 2.07 bits per heavy atom. The van der Waals surface area contributed by atoms with Crippen LogP contribution in [0.1, 0.15) is 0 Å². The van der Waals surface area contributed by atoms with Gasteiger partial charge in [0.05, 0.1) is 7.11 Å². The molecule has 2 nitrogen and oxygen atoms in total. The summed E-state index contributed by atoms with van der Waals surface area (Å²) in [4.78, 5) is 4.38. The molecule has 2 aromatic rings. The number of hydrogen-bond acceptors (Lipinski definition) is 3. The molecule has 1 aromatic carbocycles. The first kappa shape index (κ1) is 9.34. The molecule has 0 saturated heterocycles. The molecule has 0 spiro atoms. The van der Waals surface area contributed by atoms with Crippen LogP contribution in [0.2, 0.25) is 0 Å². The van der Waals surface area contributed by atoms with E-state index in [2.05, 4.69) is 17.1 Å². The zero-order chi connectivity index (χ0) is 9.97. The van der Waals surface area contributed by atoms with Gasteiger partial charge in [0, 0.05) is 11.5 Å². The third kappa shape index (κ3) is 1.55. The number of hydrogen-bond donors (Lipinski definition) is 0. The second-order valence-electron chi connectivity index (χ2n) is 2.90. The molecule has 1 heterocycles. The van der Waals surface area contributed by atoms with E-state index in [0.29, 0.717) is 5.88 Å². The van der Waals surface area contributed by atoms with E-state index in [-0.39, 0.29) is 0 Å². The Hall–Kier alpha value is -1.22. The molecular weight excluding hydrogens is 194 g/mol. The van der Waals surface area contributed by atoms with E-state index in [9.17, 15) is 0 Å². The van der Waals surface area contributed by atoms with Crippen LogP contribution in [-0.2, 0) is 0 Å². The van der Waals surface area contributed by atoms with Crippen molar-refractivity contribution in [3.05, 3.63) is 30.3 Å². The minimum absolute atomic E-state index is 0.674. The summed E-state index contributed by atoms with van der Waals surface area (Å²) in [5.74, 6) is 0.674. The molecule has 0 radical (unpaired) electrons. The van der Waals surface area contributed by atoms with Crippen molar-refractivity contribution >= 4 is 22.5 Å². The topological polar surface area (TPSA) is 22.1 Å². The summed E-state index contributed by atoms with van der Waals surface area (Å²) in [6.07, 6.45) is 2.02. The molecule has 1 aromatic heterocycles. The molecule has 2 rings (SSSR count). The first-order valence-electron chi connectivity index (χ1n) is 4.33. The molecule has 0 saturated carbocycles. The Kier molecular flexibility index (Phi) is 2.59. The summed E-state index contributed by atoms with van der Waals surface area (Å²) < 4.78 is 5.14. The molecule has 3 heteroatoms. The number of fused-ring (bicyclic) bond motifs is 1. The minimum atomic E-state index is 0.674. The normalized spacial score (nSPS) is 10.4. The number of benzene rings is 1. The fourth-order valence-corrected chi connectivity index (χ4v) is 1.99. The van der Waals surface area contributed by atoms with Crippen molar-refractivity contribution < 1.29 is 4.74 Å². The van der Waals surface area contributed by atoms with Crippen LogP contribution in [-0.4, -0.2) is 18.3 Å². The van der Waals surface area contributed by atoms with Gasteiger partial charge in [-0.15, -0.1) is 11.8 Å². The Bertz CT molecular complexity index is 456. The lowest BCUT2D eigenvalue weighted by molar-refractivity contribution is 0.395. The monoisotopic (exact) mass is 205 g/mol. The molecule has 0 N–H and O–H groups in total. The van der Waals surface area contributed by atoms with Gasteiger partial charge in [-0.05, 0) is 11.6 Å². The van der Waals surface area contributed by atoms with Crippen molar-refractivity contribution in [2.24, 2.45) is 0 Å². The standard InChI is InChI=1S/C11H11NOS/c1-13-10-7-8-5-3-4-6-9(8)11(12-10)14-2/h3-7H,1-2H3. The van der Waals surface area contributed by atoms with Gasteiger partial charge in [-0.1, -0.05) is 24.3 Å². The number of thioether (sulfide) groups is 1. The molecule has 0 aliphatic heterocycles. The molecule has 0 unspecified atom stereocenters. The van der Waals surface area contributed by atoms with Crippen molar-refractivity contribution in [1.82, 2.24) is 4.98 Å². The highest BCUT2D eigenvalue weighted by Crippen LogP contribution is 2.27. The van der Waals surface area contributed by atoms with E-state index in [4.69, 9.17) is 4.74 Å². The maximum atomic E-state index is 5.14. The van der Waals surface area contributed by atoms with E-state index < -0.39 is 0 Å². The van der Waals surface area contributed by atoms with Crippen molar-refractivity contribution in [3.8, 4) is 5.88 Å². The number of methoxy groups -OCH3 is 1. The van der Waals surface area contributed by atoms with Crippen LogP contribution in [0.15, 0.2) is 35.4 Å². The molecular formula is C11H11NOS. The fourth-order valence-electron chi connectivity index (χ4n) is 1.40. The molecule has 14 heavy (non-hydrogen) atoms. The molecule has 0 aliphatic rings. The largest absolute Gasteiger partial charge is 0.481 e. The van der Waals surface area contributed by atoms with Crippen molar-refractivity contribution in [2.75, 3.05) is 13.4 Å². The fraction of sp³-hybridized carbons (Fsp3) is 0.182. The highest BCUT2D eigenvalue weighted by molar-refractivity contribution is 7.98. The van der Waals surface area contributed by atoms with Crippen LogP contribution in [0.3, 0.4) is 0 Å². The average molecular weight is 205 g/mol. The summed E-state index contributed by atoms with van der Waals surface area (Å²) in [6.45, 7) is 0. The summed E-state index contributed by atoms with van der Waals surface area (Å²) >= 11 is 1.64. The molecule has 0 aliphatic carbocycles. The third-order valence-corrected chi connectivity index (χ3v) is 2.78. The lowest BCUT2D eigenvalue weighted by Gasteiger charge is -2.05. The van der Waals surface area contributed by atoms with E-state index in [1.807, 2.05) is 24.5 Å². The lowest BCUT2D eigenvalue weighted by atomic mass is 10.2. The zero-order valence-corrected chi connectivity index (χ0v) is 8.97. The second kappa shape index (κ2) is 3.88. The average Bonchev–Trinajstić information content (AvgIpc) is 2.27. The highest BCUT2D eigenvalue weighted by Gasteiger charge is 2.03. The number of rotatable bonds is 2. The van der Waals surface area contributed by atoms with E-state index in [0.717, 1.165) is 5.03 Å². The van der Waals surface area contributed by atoms with Crippen LogP contribution < -0.4 is 4.74 Å². The van der Waals surface area contributed by atoms with Gasteiger partial charge in [0.15, 0.2) is 0 Å². The molecule has 0 bridgehead atoms. The van der Waals surface area contributed by atoms with E-state index in [1.165, 1.54) is 10.8 Å². The van der Waals surface area contributed by atoms with Crippen LogP contribution in [0.25, 0.3) is 10.8 Å². The number of ether oxygens (including phenoxy) is 1. The van der Waals surface area contributed by atoms with Crippen LogP contribution in [0.5, 0.6) is 5.88 Å². The van der Waals surface area contributed by atoms with Crippen LogP contribution in [0.4, 0.5) is 0 Å². The summed E-state index contributed by atoms with van der Waals surface area (Å²) in [6, 6.07) is 10.1. The minimum Gasteiger partial charge on any atom is -0.481 e. The van der Waals surface area contributed by atoms with Gasteiger partial charge in [-0.25, -0.2) is 4.98 Å². The molecule has 72 valence electrons. The summed E-state index contributed by atoms with van der Waals surface area (Å²) in [5.41, 5.74) is 0. The Labute approximate surface area is 87.3 Å². The van der Waals surface area contributed by atoms with Crippen LogP contribution in [0, 0.1) is 0 Å². The quantitative estimate of drug-likeness (QED) is 0.704. The number of pyridine rings is 1. The van der Waals surface area contributed by atoms with Crippen molar-refractivity contribution in [1.29, 1.82) is 0 Å². The van der Waals surface area contributed by atoms with Gasteiger partial charge in [0.1, 0.15) is 5.03 Å². The van der Waals surface area contributed by atoms with Gasteiger partial charge in [0.25, 0.3) is 0 Å². The SMILES string of the molecule is COc1cc2ccccc2c(SC)n1. The predicted octanol–water partition coefficient (Wildman–Crippen LogP) is 2.97. The second-order valence-corrected chi connectivity index (χ2v) is 3.69. The number of nitrogens with zero attached hydrogens (tertiary/aromatic N) is 1. The van der Waals surface area contributed by atoms with Gasteiger partial charge >= 0.3 is 0 Å². The Balaban J connectivity index is 2.73. The molecule has 0 atom stereocenters. The summed E-state index contributed by atoms with van der Waals surface area (Å²) in [5, 5.41) is 3.37. The van der Waals surface area contributed by atoms with Gasteiger partial charge in [0.2, 0.25) is 5.88 Å². The van der Waals surface area contributed by atoms with Gasteiger partial charge in [-0.2, -0.15) is 0 Å². The zero-order valence-electron chi connectivity index (χ0n) is 8.15. The smallest absolute Gasteiger partial charge is 0.214 e. The first-order chi connectivity index (χ1) is 6.85. The molecule has 0 amide bonds. The highest BCUT2D eigenvalue weighted by atomic mass is 32.2. The maximum Gasteiger partial charge on any atom is 0.214 e. The Morgan fingerprint density at radius 3 is 2.79 bits per heavy atom. The predicted molar refractivity (Wildman–Crippen MR) is 60.1 cm³/mol. The van der Waals surface area contributed by atoms with E-state index in [1.54, 1.807) is 18.9 Å². The number of aromatic nitrogens is 1. The van der Waals surface area contributed by atoms with E-state index >= 15 is 0 Å². The third-order valence-electron chi connectivity index (χ3n) is 2.08. The lowest BCUT2D eigenvalue weighted by Crippen LogP contribution is -1.90. The first-order valence-corrected chi connectivity index (χ1v) is 5.55. The maximum absolute atomic E-state index is 5.14. The van der Waals surface area contributed by atoms with Crippen LogP contribution >= 0.6 is 11.8 Å².